The van der Waals surface area contributed by atoms with E-state index in [1.54, 1.807) is 16.7 Å². The fraction of sp³-hybridized carbons (Fsp3) is 0.125. The molecule has 0 saturated heterocycles. The molecule has 2 heterocycles. The Labute approximate surface area is 149 Å². The van der Waals surface area contributed by atoms with E-state index in [4.69, 9.17) is 0 Å². The number of benzene rings is 1. The monoisotopic (exact) mass is 383 g/mol. The largest absolute Gasteiger partial charge is 0.418 e. The molecule has 0 aliphatic heterocycles. The van der Waals surface area contributed by atoms with Crippen LogP contribution in [0.5, 0.6) is 0 Å². The van der Waals surface area contributed by atoms with Crippen molar-refractivity contribution in [2.24, 2.45) is 0 Å². The molecule has 0 saturated carbocycles. The van der Waals surface area contributed by atoms with Gasteiger partial charge < -0.3 is 0 Å². The van der Waals surface area contributed by atoms with Gasteiger partial charge in [0, 0.05) is 16.3 Å². The van der Waals surface area contributed by atoms with Gasteiger partial charge in [-0.3, -0.25) is 15.6 Å². The molecule has 4 nitrogen and oxygen atoms in total. The Morgan fingerprint density at radius 1 is 1.16 bits per heavy atom. The van der Waals surface area contributed by atoms with Crippen LogP contribution in [0.1, 0.15) is 11.3 Å². The van der Waals surface area contributed by atoms with E-state index in [1.807, 2.05) is 16.8 Å². The fourth-order valence-electron chi connectivity index (χ4n) is 2.09. The minimum absolute atomic E-state index is 0.0260. The first kappa shape index (κ1) is 17.4. The second-order valence-electron chi connectivity index (χ2n) is 5.05. The number of aromatic nitrogens is 1. The van der Waals surface area contributed by atoms with Crippen LogP contribution in [-0.2, 0) is 17.4 Å². The number of para-hydroxylation sites is 1. The second-order valence-corrected chi connectivity index (χ2v) is 6.69. The van der Waals surface area contributed by atoms with Gasteiger partial charge in [0.2, 0.25) is 5.91 Å². The molecule has 0 spiro atoms. The highest BCUT2D eigenvalue weighted by molar-refractivity contribution is 7.14. The number of hydrogen-bond acceptors (Lipinski definition) is 5. The molecule has 1 amide bonds. The van der Waals surface area contributed by atoms with Crippen LogP contribution in [0.4, 0.5) is 18.9 Å². The first-order valence-corrected chi connectivity index (χ1v) is 8.94. The van der Waals surface area contributed by atoms with E-state index in [0.717, 1.165) is 16.6 Å². The number of hydrogen-bond donors (Lipinski definition) is 2. The molecule has 3 aromatic rings. The Morgan fingerprint density at radius 3 is 2.68 bits per heavy atom. The normalized spacial score (nSPS) is 11.3. The highest BCUT2D eigenvalue weighted by Crippen LogP contribution is 2.34. The number of nitrogens with one attached hydrogen (secondary N) is 2. The summed E-state index contributed by atoms with van der Waals surface area (Å²) in [6, 6.07) is 6.88. The van der Waals surface area contributed by atoms with Crippen molar-refractivity contribution in [3.63, 3.8) is 0 Å². The second kappa shape index (κ2) is 7.24. The number of anilines is 1. The molecule has 0 unspecified atom stereocenters. The summed E-state index contributed by atoms with van der Waals surface area (Å²) in [6.07, 6.45) is -4.53. The summed E-state index contributed by atoms with van der Waals surface area (Å²) in [7, 11) is 0. The molecule has 0 atom stereocenters. The minimum atomic E-state index is -4.50. The number of carbonyl (C=O) groups excluding carboxylic acids is 1. The van der Waals surface area contributed by atoms with Gasteiger partial charge in [-0.2, -0.15) is 24.5 Å². The van der Waals surface area contributed by atoms with E-state index in [0.29, 0.717) is 5.69 Å². The molecule has 1 aromatic carbocycles. The summed E-state index contributed by atoms with van der Waals surface area (Å²) in [5.74, 6) is -0.473. The lowest BCUT2D eigenvalue weighted by Crippen LogP contribution is -2.31. The van der Waals surface area contributed by atoms with Crippen LogP contribution in [0.3, 0.4) is 0 Å². The Kier molecular flexibility index (Phi) is 5.05. The van der Waals surface area contributed by atoms with Crippen molar-refractivity contribution in [3.05, 3.63) is 57.7 Å². The maximum absolute atomic E-state index is 12.9. The van der Waals surface area contributed by atoms with Gasteiger partial charge >= 0.3 is 6.18 Å². The predicted molar refractivity (Wildman–Crippen MR) is 92.3 cm³/mol. The zero-order chi connectivity index (χ0) is 17.9. The Balaban J connectivity index is 1.61. The van der Waals surface area contributed by atoms with Gasteiger partial charge in [-0.25, -0.2) is 4.98 Å². The molecule has 2 aromatic heterocycles. The average molecular weight is 383 g/mol. The number of carbonyl (C=O) groups is 1. The maximum Gasteiger partial charge on any atom is 0.418 e. The average Bonchev–Trinajstić information content (AvgIpc) is 3.23. The minimum Gasteiger partial charge on any atom is -0.298 e. The van der Waals surface area contributed by atoms with Gasteiger partial charge in [-0.1, -0.05) is 12.1 Å². The number of rotatable bonds is 5. The Hall–Kier alpha value is -2.39. The molecule has 25 heavy (non-hydrogen) atoms. The van der Waals surface area contributed by atoms with E-state index >= 15 is 0 Å². The van der Waals surface area contributed by atoms with Gasteiger partial charge in [-0.05, 0) is 23.6 Å². The quantitative estimate of drug-likeness (QED) is 0.635. The van der Waals surface area contributed by atoms with Gasteiger partial charge in [0.25, 0.3) is 0 Å². The zero-order valence-corrected chi connectivity index (χ0v) is 14.3. The lowest BCUT2D eigenvalue weighted by molar-refractivity contribution is -0.137. The summed E-state index contributed by atoms with van der Waals surface area (Å²) in [5, 5.41) is 6.46. The molecule has 0 aliphatic carbocycles. The Bertz CT molecular complexity index is 860. The van der Waals surface area contributed by atoms with Crippen molar-refractivity contribution in [1.29, 1.82) is 0 Å². The summed E-state index contributed by atoms with van der Waals surface area (Å²) in [5.41, 5.74) is 5.11. The third-order valence-electron chi connectivity index (χ3n) is 3.23. The molecule has 9 heteroatoms. The van der Waals surface area contributed by atoms with Crippen molar-refractivity contribution in [2.45, 2.75) is 12.6 Å². The molecule has 0 aliphatic rings. The first-order valence-electron chi connectivity index (χ1n) is 7.11. The van der Waals surface area contributed by atoms with Crippen LogP contribution in [0, 0.1) is 0 Å². The van der Waals surface area contributed by atoms with Gasteiger partial charge in [0.05, 0.1) is 23.4 Å². The maximum atomic E-state index is 12.9. The van der Waals surface area contributed by atoms with Crippen LogP contribution in [0.2, 0.25) is 0 Å². The van der Waals surface area contributed by atoms with Crippen molar-refractivity contribution in [3.8, 4) is 10.6 Å². The van der Waals surface area contributed by atoms with Crippen LogP contribution in [-0.4, -0.2) is 10.9 Å². The highest BCUT2D eigenvalue weighted by atomic mass is 32.1. The van der Waals surface area contributed by atoms with Crippen LogP contribution < -0.4 is 10.9 Å². The number of nitrogens with zero attached hydrogens (tertiary/aromatic N) is 1. The molecule has 0 bridgehead atoms. The summed E-state index contributed by atoms with van der Waals surface area (Å²) in [6.45, 7) is 0. The SMILES string of the molecule is O=C(Cc1csc(-c2ccsc2)n1)NNc1ccccc1C(F)(F)F. The van der Waals surface area contributed by atoms with Gasteiger partial charge in [0.15, 0.2) is 0 Å². The van der Waals surface area contributed by atoms with Crippen molar-refractivity contribution >= 4 is 34.3 Å². The number of amides is 1. The van der Waals surface area contributed by atoms with E-state index in [-0.39, 0.29) is 12.1 Å². The smallest absolute Gasteiger partial charge is 0.298 e. The fourth-order valence-corrected chi connectivity index (χ4v) is 3.62. The van der Waals surface area contributed by atoms with Crippen LogP contribution in [0.15, 0.2) is 46.5 Å². The molecule has 0 radical (unpaired) electrons. The van der Waals surface area contributed by atoms with Crippen molar-refractivity contribution < 1.29 is 18.0 Å². The van der Waals surface area contributed by atoms with Gasteiger partial charge in [-0.15, -0.1) is 11.3 Å². The van der Waals surface area contributed by atoms with Crippen molar-refractivity contribution in [1.82, 2.24) is 10.4 Å². The predicted octanol–water partition coefficient (Wildman–Crippen LogP) is 4.58. The molecular formula is C16H12F3N3OS2. The molecule has 3 rings (SSSR count). The van der Waals surface area contributed by atoms with Gasteiger partial charge in [0.1, 0.15) is 5.01 Å². The first-order chi connectivity index (χ1) is 11.9. The van der Waals surface area contributed by atoms with E-state index in [1.165, 1.54) is 29.5 Å². The summed E-state index contributed by atoms with van der Waals surface area (Å²) >= 11 is 2.97. The Morgan fingerprint density at radius 2 is 1.96 bits per heavy atom. The molecule has 0 fully saturated rings. The topological polar surface area (TPSA) is 54.0 Å². The number of hydrazine groups is 1. The van der Waals surface area contributed by atoms with E-state index in [9.17, 15) is 18.0 Å². The number of thiazole rings is 1. The summed E-state index contributed by atoms with van der Waals surface area (Å²) in [4.78, 5) is 16.3. The molecular weight excluding hydrogens is 371 g/mol. The highest BCUT2D eigenvalue weighted by Gasteiger charge is 2.33. The molecule has 2 N–H and O–H groups in total. The lowest BCUT2D eigenvalue weighted by Gasteiger charge is -2.14. The van der Waals surface area contributed by atoms with E-state index in [2.05, 4.69) is 15.8 Å². The number of halogens is 3. The number of thiophene rings is 1. The van der Waals surface area contributed by atoms with Crippen LogP contribution >= 0.6 is 22.7 Å². The lowest BCUT2D eigenvalue weighted by atomic mass is 10.2. The molecule has 130 valence electrons. The summed E-state index contributed by atoms with van der Waals surface area (Å²) < 4.78 is 38.7. The third-order valence-corrected chi connectivity index (χ3v) is 4.85. The zero-order valence-electron chi connectivity index (χ0n) is 12.6. The number of alkyl halides is 3. The van der Waals surface area contributed by atoms with Crippen molar-refractivity contribution in [2.75, 3.05) is 5.43 Å². The third kappa shape index (κ3) is 4.37. The van der Waals surface area contributed by atoms with E-state index < -0.39 is 17.6 Å². The van der Waals surface area contributed by atoms with Crippen LogP contribution in [0.25, 0.3) is 10.6 Å². The standard InChI is InChI=1S/C16H12F3N3OS2/c17-16(18,19)12-3-1-2-4-13(12)21-22-14(23)7-11-9-25-15(20-11)10-5-6-24-8-10/h1-6,8-9,21H,7H2,(H,22,23).